The number of rotatable bonds is 3. The van der Waals surface area contributed by atoms with Crippen molar-refractivity contribution in [3.8, 4) is 17.6 Å². The molecule has 2 saturated carbocycles. The lowest BCUT2D eigenvalue weighted by molar-refractivity contribution is -0.265. The van der Waals surface area contributed by atoms with Gasteiger partial charge in [0.15, 0.2) is 23.0 Å². The highest BCUT2D eigenvalue weighted by atomic mass is 16.4. The third-order valence-corrected chi connectivity index (χ3v) is 10.3. The van der Waals surface area contributed by atoms with Crippen molar-refractivity contribution in [3.63, 3.8) is 0 Å². The Hall–Kier alpha value is -3.84. The standard InChI is InChI=1S/C34H37NO8/c1-16(2)25-28(39)24(31(35)42)29(40)34(43)30(41)26-27(38)23-21(14-32(26,4)15-33(25,34)5)20(12-13-22(23)37)11-8-18-6-9-19(10-7-18)17(3)36/h6-7,9-10,12-13,16,24-26,28,30,37,39,41,43H,14-15H2,1-5H3,(H2,35,42)/t24-,25+,26-,28?,30?,32-,33-,34+/m1/s1. The van der Waals surface area contributed by atoms with Crippen LogP contribution in [-0.2, 0) is 16.0 Å². The van der Waals surface area contributed by atoms with E-state index in [-0.39, 0.29) is 35.9 Å². The van der Waals surface area contributed by atoms with Gasteiger partial charge in [0.2, 0.25) is 5.91 Å². The van der Waals surface area contributed by atoms with Gasteiger partial charge < -0.3 is 26.2 Å². The Morgan fingerprint density at radius 2 is 1.65 bits per heavy atom. The van der Waals surface area contributed by atoms with Gasteiger partial charge in [0.05, 0.1) is 17.6 Å². The van der Waals surface area contributed by atoms with Crippen LogP contribution in [0.15, 0.2) is 36.4 Å². The van der Waals surface area contributed by atoms with Crippen molar-refractivity contribution in [2.75, 3.05) is 0 Å². The van der Waals surface area contributed by atoms with E-state index in [1.165, 1.54) is 13.0 Å². The summed E-state index contributed by atoms with van der Waals surface area (Å²) >= 11 is 0. The number of phenols is 1. The quantitative estimate of drug-likeness (QED) is 0.206. The number of amides is 1. The van der Waals surface area contributed by atoms with Gasteiger partial charge in [-0.05, 0) is 66.8 Å². The van der Waals surface area contributed by atoms with Crippen molar-refractivity contribution in [2.24, 2.45) is 40.2 Å². The zero-order valence-corrected chi connectivity index (χ0v) is 24.8. The minimum atomic E-state index is -2.56. The Labute approximate surface area is 250 Å². The first-order valence-corrected chi connectivity index (χ1v) is 14.4. The summed E-state index contributed by atoms with van der Waals surface area (Å²) in [5, 5.41) is 46.2. The van der Waals surface area contributed by atoms with E-state index in [9.17, 15) is 39.6 Å². The second kappa shape index (κ2) is 10.1. The van der Waals surface area contributed by atoms with E-state index in [0.717, 1.165) is 0 Å². The second-order valence-electron chi connectivity index (χ2n) is 13.4. The summed E-state index contributed by atoms with van der Waals surface area (Å²) in [6.45, 7) is 8.48. The summed E-state index contributed by atoms with van der Waals surface area (Å²) in [6.07, 6.45) is -3.20. The first kappa shape index (κ1) is 30.6. The van der Waals surface area contributed by atoms with E-state index in [1.807, 2.05) is 0 Å². The van der Waals surface area contributed by atoms with Gasteiger partial charge in [-0.25, -0.2) is 0 Å². The molecule has 2 aromatic rings. The number of aliphatic hydroxyl groups excluding tert-OH is 2. The van der Waals surface area contributed by atoms with Gasteiger partial charge in [-0.1, -0.05) is 51.7 Å². The highest BCUT2D eigenvalue weighted by Crippen LogP contribution is 2.65. The van der Waals surface area contributed by atoms with E-state index in [0.29, 0.717) is 22.3 Å². The lowest BCUT2D eigenvalue weighted by Crippen LogP contribution is -2.79. The van der Waals surface area contributed by atoms with Gasteiger partial charge in [-0.2, -0.15) is 0 Å². The number of benzene rings is 2. The van der Waals surface area contributed by atoms with E-state index in [4.69, 9.17) is 5.73 Å². The number of nitrogens with two attached hydrogens (primary N) is 1. The van der Waals surface area contributed by atoms with Crippen LogP contribution in [0.2, 0.25) is 0 Å². The fourth-order valence-electron chi connectivity index (χ4n) is 8.58. The molecule has 9 nitrogen and oxygen atoms in total. The molecule has 2 aromatic carbocycles. The summed E-state index contributed by atoms with van der Waals surface area (Å²) in [5.41, 5.74) is 2.62. The molecular weight excluding hydrogens is 550 g/mol. The molecule has 2 unspecified atom stereocenters. The molecule has 5 rings (SSSR count). The normalized spacial score (nSPS) is 34.9. The highest BCUT2D eigenvalue weighted by molar-refractivity contribution is 6.09. The number of carbonyl (C=O) groups is 4. The summed E-state index contributed by atoms with van der Waals surface area (Å²) in [4.78, 5) is 51.9. The fourth-order valence-corrected chi connectivity index (χ4v) is 8.58. The van der Waals surface area contributed by atoms with Crippen molar-refractivity contribution in [1.29, 1.82) is 0 Å². The molecule has 2 fully saturated rings. The van der Waals surface area contributed by atoms with Crippen molar-refractivity contribution in [3.05, 3.63) is 64.2 Å². The molecule has 1 amide bonds. The molecule has 226 valence electrons. The number of primary amides is 1. The maximum Gasteiger partial charge on any atom is 0.230 e. The molecule has 3 aliphatic rings. The maximum atomic E-state index is 14.2. The monoisotopic (exact) mass is 587 g/mol. The number of Topliss-reactive ketones (excluding diaryl/α,β-unsaturated/α-hetero) is 3. The van der Waals surface area contributed by atoms with Crippen LogP contribution in [0.25, 0.3) is 0 Å². The predicted molar refractivity (Wildman–Crippen MR) is 156 cm³/mol. The third kappa shape index (κ3) is 4.27. The molecular formula is C34H37NO8. The molecule has 9 heteroatoms. The molecule has 8 atom stereocenters. The molecule has 0 aliphatic heterocycles. The van der Waals surface area contributed by atoms with Crippen LogP contribution in [0.3, 0.4) is 0 Å². The van der Waals surface area contributed by atoms with E-state index in [2.05, 4.69) is 11.8 Å². The fraction of sp³-hybridized carbons (Fsp3) is 0.471. The Morgan fingerprint density at radius 1 is 1.02 bits per heavy atom. The van der Waals surface area contributed by atoms with Crippen molar-refractivity contribution >= 4 is 23.3 Å². The Balaban J connectivity index is 1.65. The van der Waals surface area contributed by atoms with Crippen molar-refractivity contribution < 1.29 is 39.6 Å². The Morgan fingerprint density at radius 3 is 2.21 bits per heavy atom. The molecule has 3 aliphatic carbocycles. The molecule has 0 heterocycles. The van der Waals surface area contributed by atoms with Crippen LogP contribution in [0, 0.1) is 46.3 Å². The van der Waals surface area contributed by atoms with Gasteiger partial charge in [-0.15, -0.1) is 0 Å². The van der Waals surface area contributed by atoms with Crippen LogP contribution in [0.4, 0.5) is 0 Å². The zero-order valence-electron chi connectivity index (χ0n) is 24.8. The zero-order chi connectivity index (χ0) is 31.8. The molecule has 0 spiro atoms. The van der Waals surface area contributed by atoms with Crippen LogP contribution >= 0.6 is 0 Å². The average Bonchev–Trinajstić information content (AvgIpc) is 2.90. The maximum absolute atomic E-state index is 14.2. The minimum Gasteiger partial charge on any atom is -0.507 e. The SMILES string of the molecule is CC(=O)c1ccc(C#Cc2ccc(O)c3c2C[C@]2(C)C[C@]4(C)[C@@H](C(C)C)C(O)[C@@H](C(N)=O)C(=O)[C@]4(O)C(O)[C@H]2C3=O)cc1. The Bertz CT molecular complexity index is 1620. The van der Waals surface area contributed by atoms with Gasteiger partial charge in [0, 0.05) is 22.1 Å². The number of phenolic OH excluding ortho intramolecular Hbond substituents is 1. The third-order valence-electron chi connectivity index (χ3n) is 10.3. The number of fused-ring (bicyclic) bond motifs is 3. The van der Waals surface area contributed by atoms with Crippen LogP contribution in [0.5, 0.6) is 5.75 Å². The average molecular weight is 588 g/mol. The number of carbonyl (C=O) groups excluding carboxylic acids is 4. The number of aliphatic hydroxyl groups is 3. The van der Waals surface area contributed by atoms with E-state index >= 15 is 0 Å². The first-order chi connectivity index (χ1) is 20.0. The number of ketones is 3. The smallest absolute Gasteiger partial charge is 0.230 e. The summed E-state index contributed by atoms with van der Waals surface area (Å²) in [7, 11) is 0. The number of aromatic hydroxyl groups is 1. The molecule has 0 aromatic heterocycles. The summed E-state index contributed by atoms with van der Waals surface area (Å²) in [5.74, 6) is -1.31. The van der Waals surface area contributed by atoms with Crippen molar-refractivity contribution in [1.82, 2.24) is 0 Å². The van der Waals surface area contributed by atoms with Crippen LogP contribution in [0.1, 0.15) is 78.4 Å². The molecule has 0 radical (unpaired) electrons. The lowest BCUT2D eigenvalue weighted by atomic mass is 9.39. The molecule has 43 heavy (non-hydrogen) atoms. The minimum absolute atomic E-state index is 0.0393. The number of hydrogen-bond donors (Lipinski definition) is 5. The summed E-state index contributed by atoms with van der Waals surface area (Å²) < 4.78 is 0. The largest absolute Gasteiger partial charge is 0.507 e. The second-order valence-corrected chi connectivity index (χ2v) is 13.4. The predicted octanol–water partition coefficient (Wildman–Crippen LogP) is 2.18. The van der Waals surface area contributed by atoms with Gasteiger partial charge in [0.1, 0.15) is 17.8 Å². The summed E-state index contributed by atoms with van der Waals surface area (Å²) in [6, 6.07) is 9.74. The van der Waals surface area contributed by atoms with E-state index in [1.54, 1.807) is 58.0 Å². The topological polar surface area (TPSA) is 175 Å². The molecule has 6 N–H and O–H groups in total. The highest BCUT2D eigenvalue weighted by Gasteiger charge is 2.75. The lowest BCUT2D eigenvalue weighted by Gasteiger charge is -2.66. The van der Waals surface area contributed by atoms with Crippen molar-refractivity contribution in [2.45, 2.75) is 65.3 Å². The molecule has 0 saturated heterocycles. The van der Waals surface area contributed by atoms with Gasteiger partial charge in [0.25, 0.3) is 0 Å². The van der Waals surface area contributed by atoms with E-state index < -0.39 is 63.9 Å². The number of hydrogen-bond acceptors (Lipinski definition) is 8. The van der Waals surface area contributed by atoms with Crippen LogP contribution < -0.4 is 5.73 Å². The Kier molecular flexibility index (Phi) is 7.20. The van der Waals surface area contributed by atoms with Gasteiger partial charge >= 0.3 is 0 Å². The van der Waals surface area contributed by atoms with Crippen LogP contribution in [-0.4, -0.2) is 61.5 Å². The molecule has 0 bridgehead atoms. The first-order valence-electron chi connectivity index (χ1n) is 14.4. The van der Waals surface area contributed by atoms with Gasteiger partial charge in [-0.3, -0.25) is 19.2 Å².